The van der Waals surface area contributed by atoms with Gasteiger partial charge in [-0.3, -0.25) is 0 Å². The van der Waals surface area contributed by atoms with Gasteiger partial charge in [0.25, 0.3) is 0 Å². The predicted octanol–water partition coefficient (Wildman–Crippen LogP) is 3.29. The zero-order chi connectivity index (χ0) is 13.4. The van der Waals surface area contributed by atoms with E-state index in [1.54, 1.807) is 6.08 Å². The first-order chi connectivity index (χ1) is 8.54. The lowest BCUT2D eigenvalue weighted by Gasteiger charge is -2.31. The van der Waals surface area contributed by atoms with Gasteiger partial charge in [-0.05, 0) is 25.7 Å². The van der Waals surface area contributed by atoms with E-state index in [1.165, 1.54) is 0 Å². The molecular formula is C13H22F3NO. The maximum Gasteiger partial charge on any atom is 0.391 e. The maximum atomic E-state index is 12.6. The fraction of sp³-hybridized carbons (Fsp3) is 0.846. The molecule has 1 saturated carbocycles. The third-order valence-corrected chi connectivity index (χ3v) is 3.28. The van der Waals surface area contributed by atoms with Crippen LogP contribution in [0.15, 0.2) is 12.7 Å². The number of nitrogens with one attached hydrogen (secondary N) is 1. The Morgan fingerprint density at radius 1 is 1.28 bits per heavy atom. The van der Waals surface area contributed by atoms with Crippen molar-refractivity contribution in [2.75, 3.05) is 19.8 Å². The second-order valence-electron chi connectivity index (χ2n) is 4.75. The lowest BCUT2D eigenvalue weighted by Crippen LogP contribution is -2.40. The molecule has 1 fully saturated rings. The normalized spacial score (nSPS) is 25.1. The minimum absolute atomic E-state index is 0.0200. The van der Waals surface area contributed by atoms with Crippen molar-refractivity contribution in [2.45, 2.75) is 44.3 Å². The van der Waals surface area contributed by atoms with Crippen molar-refractivity contribution in [3.8, 4) is 0 Å². The molecule has 1 aliphatic carbocycles. The fourth-order valence-corrected chi connectivity index (χ4v) is 2.28. The number of hydrogen-bond donors (Lipinski definition) is 1. The summed E-state index contributed by atoms with van der Waals surface area (Å²) in [5, 5.41) is 3.15. The molecule has 0 amide bonds. The first-order valence-corrected chi connectivity index (χ1v) is 6.52. The van der Waals surface area contributed by atoms with E-state index in [4.69, 9.17) is 4.74 Å². The highest BCUT2D eigenvalue weighted by Gasteiger charge is 2.41. The molecule has 0 saturated heterocycles. The molecule has 1 N–H and O–H groups in total. The Bertz CT molecular complexity index is 243. The van der Waals surface area contributed by atoms with Gasteiger partial charge in [0.15, 0.2) is 0 Å². The summed E-state index contributed by atoms with van der Waals surface area (Å²) in [5.41, 5.74) is 0. The standard InChI is InChI=1S/C13H22F3NO/c1-2-3-8-18-9-7-17-12-6-4-5-11(10-12)13(14,15)16/h2,11-12,17H,1,3-10H2. The molecule has 0 aromatic heterocycles. The van der Waals surface area contributed by atoms with Gasteiger partial charge >= 0.3 is 6.18 Å². The molecule has 0 aliphatic heterocycles. The molecule has 1 aliphatic rings. The molecular weight excluding hydrogens is 243 g/mol. The zero-order valence-corrected chi connectivity index (χ0v) is 10.6. The topological polar surface area (TPSA) is 21.3 Å². The average Bonchev–Trinajstić information content (AvgIpc) is 2.33. The van der Waals surface area contributed by atoms with E-state index in [2.05, 4.69) is 11.9 Å². The van der Waals surface area contributed by atoms with Crippen LogP contribution in [0.5, 0.6) is 0 Å². The minimum atomic E-state index is -4.04. The van der Waals surface area contributed by atoms with Crippen LogP contribution >= 0.6 is 0 Å². The molecule has 2 unspecified atom stereocenters. The molecule has 5 heteroatoms. The highest BCUT2D eigenvalue weighted by atomic mass is 19.4. The summed E-state index contributed by atoms with van der Waals surface area (Å²) < 4.78 is 43.0. The van der Waals surface area contributed by atoms with E-state index < -0.39 is 12.1 Å². The molecule has 1 rings (SSSR count). The second kappa shape index (κ2) is 7.79. The molecule has 18 heavy (non-hydrogen) atoms. The Morgan fingerprint density at radius 3 is 2.72 bits per heavy atom. The third kappa shape index (κ3) is 5.87. The van der Waals surface area contributed by atoms with Crippen LogP contribution in [-0.4, -0.2) is 32.0 Å². The second-order valence-corrected chi connectivity index (χ2v) is 4.75. The fourth-order valence-electron chi connectivity index (χ4n) is 2.28. The number of hydrogen-bond acceptors (Lipinski definition) is 2. The van der Waals surface area contributed by atoms with Crippen molar-refractivity contribution >= 4 is 0 Å². The number of alkyl halides is 3. The molecule has 0 spiro atoms. The Labute approximate surface area is 107 Å². The lowest BCUT2D eigenvalue weighted by atomic mass is 9.85. The van der Waals surface area contributed by atoms with Gasteiger partial charge in [-0.1, -0.05) is 12.5 Å². The van der Waals surface area contributed by atoms with E-state index in [9.17, 15) is 13.2 Å². The highest BCUT2D eigenvalue weighted by Crippen LogP contribution is 2.37. The molecule has 2 nitrogen and oxygen atoms in total. The van der Waals surface area contributed by atoms with Gasteiger partial charge in [0.05, 0.1) is 19.1 Å². The minimum Gasteiger partial charge on any atom is -0.380 e. The Balaban J connectivity index is 2.13. The van der Waals surface area contributed by atoms with E-state index in [-0.39, 0.29) is 18.9 Å². The Morgan fingerprint density at radius 2 is 2.06 bits per heavy atom. The van der Waals surface area contributed by atoms with Crippen LogP contribution < -0.4 is 5.32 Å². The quantitative estimate of drug-likeness (QED) is 0.563. The lowest BCUT2D eigenvalue weighted by molar-refractivity contribution is -0.183. The summed E-state index contributed by atoms with van der Waals surface area (Å²) in [7, 11) is 0. The van der Waals surface area contributed by atoms with Gasteiger partial charge in [-0.2, -0.15) is 13.2 Å². The van der Waals surface area contributed by atoms with Gasteiger partial charge in [0.1, 0.15) is 0 Å². The first-order valence-electron chi connectivity index (χ1n) is 6.52. The zero-order valence-electron chi connectivity index (χ0n) is 10.6. The first kappa shape index (κ1) is 15.5. The van der Waals surface area contributed by atoms with Crippen LogP contribution in [-0.2, 0) is 4.74 Å². The molecule has 0 aromatic rings. The number of halogens is 3. The number of ether oxygens (including phenoxy) is 1. The van der Waals surface area contributed by atoms with Crippen molar-refractivity contribution in [3.63, 3.8) is 0 Å². The summed E-state index contributed by atoms with van der Waals surface area (Å²) in [6, 6.07) is -0.0200. The van der Waals surface area contributed by atoms with Crippen molar-refractivity contribution in [1.29, 1.82) is 0 Å². The summed E-state index contributed by atoms with van der Waals surface area (Å²) in [5.74, 6) is -1.13. The molecule has 0 radical (unpaired) electrons. The van der Waals surface area contributed by atoms with E-state index >= 15 is 0 Å². The number of rotatable bonds is 7. The van der Waals surface area contributed by atoms with Gasteiger partial charge in [0, 0.05) is 12.6 Å². The summed E-state index contributed by atoms with van der Waals surface area (Å²) in [6.45, 7) is 5.37. The van der Waals surface area contributed by atoms with Crippen molar-refractivity contribution in [3.05, 3.63) is 12.7 Å². The van der Waals surface area contributed by atoms with Crippen LogP contribution in [0.4, 0.5) is 13.2 Å². The smallest absolute Gasteiger partial charge is 0.380 e. The van der Waals surface area contributed by atoms with Crippen LogP contribution in [0.2, 0.25) is 0 Å². The van der Waals surface area contributed by atoms with Crippen molar-refractivity contribution in [1.82, 2.24) is 5.32 Å². The maximum absolute atomic E-state index is 12.6. The average molecular weight is 265 g/mol. The summed E-state index contributed by atoms with van der Waals surface area (Å²) >= 11 is 0. The predicted molar refractivity (Wildman–Crippen MR) is 65.4 cm³/mol. The van der Waals surface area contributed by atoms with Gasteiger partial charge in [-0.25, -0.2) is 0 Å². The van der Waals surface area contributed by atoms with Crippen LogP contribution in [0.3, 0.4) is 0 Å². The Kier molecular flexibility index (Phi) is 6.71. The van der Waals surface area contributed by atoms with Crippen molar-refractivity contribution in [2.24, 2.45) is 5.92 Å². The third-order valence-electron chi connectivity index (χ3n) is 3.28. The van der Waals surface area contributed by atoms with E-state index in [1.807, 2.05) is 0 Å². The van der Waals surface area contributed by atoms with E-state index in [0.29, 0.717) is 26.2 Å². The monoisotopic (exact) mass is 265 g/mol. The SMILES string of the molecule is C=CCCOCCNC1CCCC(C(F)(F)F)C1. The molecule has 106 valence electrons. The van der Waals surface area contributed by atoms with Gasteiger partial charge in [-0.15, -0.1) is 6.58 Å². The Hall–Kier alpha value is -0.550. The summed E-state index contributed by atoms with van der Waals surface area (Å²) in [4.78, 5) is 0. The van der Waals surface area contributed by atoms with Gasteiger partial charge < -0.3 is 10.1 Å². The van der Waals surface area contributed by atoms with Gasteiger partial charge in [0.2, 0.25) is 0 Å². The molecule has 2 atom stereocenters. The van der Waals surface area contributed by atoms with Crippen molar-refractivity contribution < 1.29 is 17.9 Å². The molecule has 0 bridgehead atoms. The van der Waals surface area contributed by atoms with Crippen LogP contribution in [0.25, 0.3) is 0 Å². The van der Waals surface area contributed by atoms with E-state index in [0.717, 1.165) is 12.8 Å². The molecule has 0 aromatic carbocycles. The van der Waals surface area contributed by atoms with Crippen LogP contribution in [0.1, 0.15) is 32.1 Å². The molecule has 0 heterocycles. The van der Waals surface area contributed by atoms with Crippen LogP contribution in [0, 0.1) is 5.92 Å². The largest absolute Gasteiger partial charge is 0.391 e. The summed E-state index contributed by atoms with van der Waals surface area (Å²) in [6.07, 6.45) is 0.509. The highest BCUT2D eigenvalue weighted by molar-refractivity contribution is 4.81.